The van der Waals surface area contributed by atoms with Gasteiger partial charge in [0.25, 0.3) is 11.8 Å². The lowest BCUT2D eigenvalue weighted by atomic mass is 10.2. The summed E-state index contributed by atoms with van der Waals surface area (Å²) < 4.78 is 10.5. The summed E-state index contributed by atoms with van der Waals surface area (Å²) in [6, 6.07) is 14.8. The Morgan fingerprint density at radius 1 is 1.09 bits per heavy atom. The van der Waals surface area contributed by atoms with Crippen LogP contribution in [-0.2, 0) is 11.3 Å². The van der Waals surface area contributed by atoms with Crippen LogP contribution in [0.4, 0.5) is 0 Å². The van der Waals surface area contributed by atoms with Crippen molar-refractivity contribution in [3.05, 3.63) is 60.4 Å². The number of aromatic nitrogens is 3. The van der Waals surface area contributed by atoms with Crippen LogP contribution in [0.1, 0.15) is 5.69 Å². The quantitative estimate of drug-likeness (QED) is 0.747. The number of benzene rings is 1. The van der Waals surface area contributed by atoms with Gasteiger partial charge in [-0.15, -0.1) is 5.10 Å². The Hall–Kier alpha value is -3.22. The summed E-state index contributed by atoms with van der Waals surface area (Å²) in [5.74, 6) is 0.0459. The summed E-state index contributed by atoms with van der Waals surface area (Å²) in [4.78, 5) is 15.8. The van der Waals surface area contributed by atoms with Crippen molar-refractivity contribution in [1.29, 1.82) is 0 Å². The van der Waals surface area contributed by atoms with E-state index in [2.05, 4.69) is 20.5 Å². The number of pyridine rings is 1. The molecule has 1 aromatic carbocycles. The average molecular weight is 310 g/mol. The van der Waals surface area contributed by atoms with Crippen LogP contribution in [-0.4, -0.2) is 27.7 Å². The topological polar surface area (TPSA) is 90.1 Å². The smallest absolute Gasteiger partial charge is 0.415 e. The first kappa shape index (κ1) is 14.7. The number of rotatable bonds is 6. The summed E-state index contributed by atoms with van der Waals surface area (Å²) in [5.41, 5.74) is 1.56. The molecule has 0 unspecified atom stereocenters. The highest BCUT2D eigenvalue weighted by atomic mass is 16.6. The molecule has 0 aliphatic carbocycles. The molecule has 2 heterocycles. The number of ether oxygens (including phenoxy) is 1. The van der Waals surface area contributed by atoms with Gasteiger partial charge < -0.3 is 14.5 Å². The predicted octanol–water partition coefficient (Wildman–Crippen LogP) is 1.83. The van der Waals surface area contributed by atoms with E-state index >= 15 is 0 Å². The molecule has 0 radical (unpaired) electrons. The molecular weight excluding hydrogens is 296 g/mol. The highest BCUT2D eigenvalue weighted by molar-refractivity contribution is 5.77. The van der Waals surface area contributed by atoms with Crippen molar-refractivity contribution in [3.63, 3.8) is 0 Å². The third kappa shape index (κ3) is 4.13. The first-order valence-corrected chi connectivity index (χ1v) is 6.99. The molecule has 7 heteroatoms. The van der Waals surface area contributed by atoms with Crippen LogP contribution < -0.4 is 10.1 Å². The molecule has 0 saturated heterocycles. The summed E-state index contributed by atoms with van der Waals surface area (Å²) in [5, 5.41) is 10.3. The molecule has 0 fully saturated rings. The number of nitrogens with zero attached hydrogens (tertiary/aromatic N) is 3. The van der Waals surface area contributed by atoms with Crippen LogP contribution in [0.3, 0.4) is 0 Å². The van der Waals surface area contributed by atoms with E-state index in [9.17, 15) is 4.79 Å². The Labute approximate surface area is 132 Å². The standard InChI is InChI=1S/C16H14N4O3/c21-14(18-10-13-8-4-5-9-17-13)11-22-16-20-19-15(23-16)12-6-2-1-3-7-12/h1-9H,10-11H2,(H,18,21). The molecule has 0 aliphatic heterocycles. The lowest BCUT2D eigenvalue weighted by molar-refractivity contribution is -0.123. The molecule has 0 saturated carbocycles. The van der Waals surface area contributed by atoms with E-state index in [0.29, 0.717) is 12.4 Å². The summed E-state index contributed by atoms with van der Waals surface area (Å²) >= 11 is 0. The molecule has 0 bridgehead atoms. The zero-order valence-electron chi connectivity index (χ0n) is 12.2. The fraction of sp³-hybridized carbons (Fsp3) is 0.125. The van der Waals surface area contributed by atoms with Crippen molar-refractivity contribution < 1.29 is 13.9 Å². The van der Waals surface area contributed by atoms with E-state index in [1.54, 1.807) is 6.20 Å². The number of hydrogen-bond donors (Lipinski definition) is 1. The van der Waals surface area contributed by atoms with Crippen LogP contribution in [0.5, 0.6) is 6.08 Å². The highest BCUT2D eigenvalue weighted by Crippen LogP contribution is 2.20. The normalized spacial score (nSPS) is 10.3. The van der Waals surface area contributed by atoms with Gasteiger partial charge in [0.1, 0.15) is 0 Å². The fourth-order valence-corrected chi connectivity index (χ4v) is 1.84. The van der Waals surface area contributed by atoms with Gasteiger partial charge in [0, 0.05) is 11.8 Å². The minimum Gasteiger partial charge on any atom is -0.439 e. The Morgan fingerprint density at radius 3 is 2.70 bits per heavy atom. The van der Waals surface area contributed by atoms with E-state index in [0.717, 1.165) is 11.3 Å². The maximum absolute atomic E-state index is 11.7. The molecule has 3 aromatic rings. The zero-order valence-corrected chi connectivity index (χ0v) is 12.2. The highest BCUT2D eigenvalue weighted by Gasteiger charge is 2.11. The van der Waals surface area contributed by atoms with Crippen LogP contribution >= 0.6 is 0 Å². The van der Waals surface area contributed by atoms with Crippen molar-refractivity contribution in [2.75, 3.05) is 6.61 Å². The largest absolute Gasteiger partial charge is 0.439 e. The summed E-state index contributed by atoms with van der Waals surface area (Å²) in [6.45, 7) is 0.130. The lowest BCUT2D eigenvalue weighted by Gasteiger charge is -2.04. The Balaban J connectivity index is 1.49. The van der Waals surface area contributed by atoms with Crippen molar-refractivity contribution in [1.82, 2.24) is 20.5 Å². The molecule has 3 rings (SSSR count). The van der Waals surface area contributed by atoms with Crippen molar-refractivity contribution in [3.8, 4) is 17.5 Å². The SMILES string of the molecule is O=C(COc1nnc(-c2ccccc2)o1)NCc1ccccn1. The van der Waals surface area contributed by atoms with E-state index in [4.69, 9.17) is 9.15 Å². The average Bonchev–Trinajstić information content (AvgIpc) is 3.09. The fourth-order valence-electron chi connectivity index (χ4n) is 1.84. The van der Waals surface area contributed by atoms with Crippen molar-refractivity contribution in [2.24, 2.45) is 0 Å². The Bertz CT molecular complexity index is 759. The van der Waals surface area contributed by atoms with Crippen molar-refractivity contribution in [2.45, 2.75) is 6.54 Å². The second-order valence-corrected chi connectivity index (χ2v) is 4.63. The summed E-state index contributed by atoms with van der Waals surface area (Å²) in [6.07, 6.45) is 1.62. The molecule has 0 spiro atoms. The summed E-state index contributed by atoms with van der Waals surface area (Å²) in [7, 11) is 0. The maximum atomic E-state index is 11.7. The molecule has 116 valence electrons. The lowest BCUT2D eigenvalue weighted by Crippen LogP contribution is -2.28. The van der Waals surface area contributed by atoms with Crippen LogP contribution in [0.2, 0.25) is 0 Å². The maximum Gasteiger partial charge on any atom is 0.415 e. The van der Waals surface area contributed by atoms with Gasteiger partial charge in [-0.05, 0) is 24.3 Å². The molecule has 1 amide bonds. The zero-order chi connectivity index (χ0) is 15.9. The van der Waals surface area contributed by atoms with E-state index < -0.39 is 0 Å². The van der Waals surface area contributed by atoms with Crippen LogP contribution in [0, 0.1) is 0 Å². The predicted molar refractivity (Wildman–Crippen MR) is 81.3 cm³/mol. The number of carbonyl (C=O) groups excluding carboxylic acids is 1. The Kier molecular flexibility index (Phi) is 4.58. The monoisotopic (exact) mass is 310 g/mol. The van der Waals surface area contributed by atoms with Crippen LogP contribution in [0.25, 0.3) is 11.5 Å². The van der Waals surface area contributed by atoms with Gasteiger partial charge in [-0.1, -0.05) is 29.4 Å². The minimum absolute atomic E-state index is 0.0446. The van der Waals surface area contributed by atoms with Gasteiger partial charge in [-0.3, -0.25) is 9.78 Å². The van der Waals surface area contributed by atoms with Gasteiger partial charge in [-0.25, -0.2) is 0 Å². The van der Waals surface area contributed by atoms with Gasteiger partial charge in [0.2, 0.25) is 0 Å². The third-order valence-electron chi connectivity index (χ3n) is 2.95. The third-order valence-corrected chi connectivity index (χ3v) is 2.95. The first-order chi connectivity index (χ1) is 11.3. The molecule has 1 N–H and O–H groups in total. The number of amides is 1. The minimum atomic E-state index is -0.296. The van der Waals surface area contributed by atoms with E-state index in [1.165, 1.54) is 0 Å². The van der Waals surface area contributed by atoms with Gasteiger partial charge in [-0.2, -0.15) is 0 Å². The number of carbonyl (C=O) groups is 1. The second-order valence-electron chi connectivity index (χ2n) is 4.63. The number of nitrogens with one attached hydrogen (secondary N) is 1. The second kappa shape index (κ2) is 7.17. The number of hydrogen-bond acceptors (Lipinski definition) is 6. The molecule has 7 nitrogen and oxygen atoms in total. The van der Waals surface area contributed by atoms with Gasteiger partial charge >= 0.3 is 6.08 Å². The molecule has 0 atom stereocenters. The molecular formula is C16H14N4O3. The Morgan fingerprint density at radius 2 is 1.91 bits per heavy atom. The molecule has 23 heavy (non-hydrogen) atoms. The molecule has 0 aliphatic rings. The van der Waals surface area contributed by atoms with E-state index in [1.807, 2.05) is 48.5 Å². The van der Waals surface area contributed by atoms with Gasteiger partial charge in [0.15, 0.2) is 6.61 Å². The van der Waals surface area contributed by atoms with Crippen molar-refractivity contribution >= 4 is 5.91 Å². The van der Waals surface area contributed by atoms with Gasteiger partial charge in [0.05, 0.1) is 12.2 Å². The molecule has 2 aromatic heterocycles. The van der Waals surface area contributed by atoms with E-state index in [-0.39, 0.29) is 18.6 Å². The van der Waals surface area contributed by atoms with Crippen LogP contribution in [0.15, 0.2) is 59.1 Å². The first-order valence-electron chi connectivity index (χ1n) is 6.99.